The Balaban J connectivity index is 1.24. The Labute approximate surface area is 210 Å². The van der Waals surface area contributed by atoms with E-state index in [4.69, 9.17) is 9.97 Å². The lowest BCUT2D eigenvalue weighted by atomic mass is 10.1. The Hall–Kier alpha value is -3.59. The van der Waals surface area contributed by atoms with Crippen LogP contribution in [0.2, 0.25) is 0 Å². The van der Waals surface area contributed by atoms with Crippen LogP contribution in [-0.2, 0) is 0 Å². The summed E-state index contributed by atoms with van der Waals surface area (Å²) >= 11 is 0. The van der Waals surface area contributed by atoms with E-state index in [-0.39, 0.29) is 0 Å². The van der Waals surface area contributed by atoms with E-state index in [1.165, 1.54) is 49.5 Å². The first-order chi connectivity index (χ1) is 17.8. The minimum absolute atomic E-state index is 0.517. The highest BCUT2D eigenvalue weighted by Gasteiger charge is 2.29. The molecule has 0 amide bonds. The molecule has 2 saturated carbocycles. The van der Waals surface area contributed by atoms with Crippen LogP contribution in [0.3, 0.4) is 0 Å². The number of pyridine rings is 2. The van der Waals surface area contributed by atoms with Crippen LogP contribution in [-0.4, -0.2) is 55.9 Å². The van der Waals surface area contributed by atoms with E-state index < -0.39 is 0 Å². The number of nitrogens with zero attached hydrogens (tertiary/aromatic N) is 7. The number of piperazine rings is 1. The normalized spacial score (nSPS) is 18.7. The van der Waals surface area contributed by atoms with Gasteiger partial charge in [-0.3, -0.25) is 9.67 Å². The second kappa shape index (κ2) is 9.13. The number of anilines is 3. The Morgan fingerprint density at radius 3 is 2.67 bits per heavy atom. The molecule has 1 saturated heterocycles. The summed E-state index contributed by atoms with van der Waals surface area (Å²) in [6.45, 7) is 3.79. The molecule has 9 nitrogen and oxygen atoms in total. The Morgan fingerprint density at radius 1 is 0.972 bits per heavy atom. The number of aromatic nitrogens is 6. The molecule has 4 aromatic heterocycles. The van der Waals surface area contributed by atoms with E-state index in [1.54, 1.807) is 0 Å². The van der Waals surface area contributed by atoms with Gasteiger partial charge in [-0.2, -0.15) is 5.10 Å². The van der Waals surface area contributed by atoms with E-state index in [0.29, 0.717) is 17.8 Å². The third-order valence-electron chi connectivity index (χ3n) is 7.64. The maximum atomic E-state index is 5.16. The zero-order valence-corrected chi connectivity index (χ0v) is 20.4. The molecule has 0 spiro atoms. The second-order valence-corrected chi connectivity index (χ2v) is 10.2. The summed E-state index contributed by atoms with van der Waals surface area (Å²) in [5.41, 5.74) is 4.10. The highest BCUT2D eigenvalue weighted by Crippen LogP contribution is 2.44. The van der Waals surface area contributed by atoms with Crippen molar-refractivity contribution < 1.29 is 0 Å². The third-order valence-corrected chi connectivity index (χ3v) is 7.64. The molecule has 0 radical (unpaired) electrons. The first-order valence-electron chi connectivity index (χ1n) is 13.2. The van der Waals surface area contributed by atoms with E-state index >= 15 is 0 Å². The fourth-order valence-corrected chi connectivity index (χ4v) is 5.58. The Morgan fingerprint density at radius 2 is 1.83 bits per heavy atom. The van der Waals surface area contributed by atoms with Crippen molar-refractivity contribution in [1.29, 1.82) is 0 Å². The summed E-state index contributed by atoms with van der Waals surface area (Å²) in [5.74, 6) is 3.08. The topological polar surface area (TPSA) is 96.7 Å². The molecule has 0 unspecified atom stereocenters. The van der Waals surface area contributed by atoms with Gasteiger partial charge in [0.2, 0.25) is 0 Å². The average molecular weight is 482 g/mol. The lowest BCUT2D eigenvalue weighted by Gasteiger charge is -2.30. The molecule has 1 aliphatic heterocycles. The fourth-order valence-electron chi connectivity index (χ4n) is 5.58. The van der Waals surface area contributed by atoms with Gasteiger partial charge in [0.15, 0.2) is 5.82 Å². The van der Waals surface area contributed by atoms with Crippen LogP contribution in [0.1, 0.15) is 56.0 Å². The van der Waals surface area contributed by atoms with Crippen molar-refractivity contribution in [3.63, 3.8) is 0 Å². The van der Waals surface area contributed by atoms with Gasteiger partial charge in [0.05, 0.1) is 29.6 Å². The van der Waals surface area contributed by atoms with Gasteiger partial charge in [-0.25, -0.2) is 15.0 Å². The van der Waals surface area contributed by atoms with Gasteiger partial charge in [-0.05, 0) is 49.3 Å². The van der Waals surface area contributed by atoms with E-state index in [1.807, 2.05) is 36.9 Å². The molecule has 36 heavy (non-hydrogen) atoms. The Bertz CT molecular complexity index is 1380. The zero-order valence-electron chi connectivity index (χ0n) is 20.4. The van der Waals surface area contributed by atoms with Crippen LogP contribution in [0.5, 0.6) is 0 Å². The first kappa shape index (κ1) is 21.7. The lowest BCUT2D eigenvalue weighted by Crippen LogP contribution is -2.44. The monoisotopic (exact) mass is 481 g/mol. The van der Waals surface area contributed by atoms with Crippen molar-refractivity contribution in [3.05, 3.63) is 48.7 Å². The van der Waals surface area contributed by atoms with Gasteiger partial charge in [0.25, 0.3) is 0 Å². The summed E-state index contributed by atoms with van der Waals surface area (Å²) in [6.07, 6.45) is 17.1. The molecule has 7 rings (SSSR count). The van der Waals surface area contributed by atoms with Crippen LogP contribution >= 0.6 is 0 Å². The van der Waals surface area contributed by atoms with Crippen molar-refractivity contribution in [1.82, 2.24) is 35.0 Å². The van der Waals surface area contributed by atoms with E-state index in [9.17, 15) is 0 Å². The molecule has 9 heteroatoms. The van der Waals surface area contributed by atoms with Gasteiger partial charge in [-0.1, -0.05) is 12.8 Å². The largest absolute Gasteiger partial charge is 0.353 e. The van der Waals surface area contributed by atoms with E-state index in [2.05, 4.69) is 41.5 Å². The fraction of sp³-hybridized carbons (Fsp3) is 0.444. The minimum atomic E-state index is 0.517. The number of rotatable bonds is 6. The smallest absolute Gasteiger partial charge is 0.162 e. The molecule has 184 valence electrons. The predicted molar refractivity (Wildman–Crippen MR) is 141 cm³/mol. The summed E-state index contributed by atoms with van der Waals surface area (Å²) < 4.78 is 2.09. The van der Waals surface area contributed by atoms with Crippen LogP contribution in [0, 0.1) is 0 Å². The number of hydrogen-bond donors (Lipinski definition) is 2. The van der Waals surface area contributed by atoms with Crippen LogP contribution in [0.25, 0.3) is 22.3 Å². The molecule has 3 fully saturated rings. The van der Waals surface area contributed by atoms with Gasteiger partial charge < -0.3 is 15.5 Å². The SMILES string of the molecule is c1cc(-c2nc(N3CCNCC3)c3c(C4CC4)cncc3n2)cc(Nc2cnn(C3CCCC3)c2)n1. The Kier molecular flexibility index (Phi) is 5.50. The maximum Gasteiger partial charge on any atom is 0.162 e. The summed E-state index contributed by atoms with van der Waals surface area (Å²) in [6, 6.07) is 4.52. The van der Waals surface area contributed by atoms with Crippen molar-refractivity contribution in [3.8, 4) is 11.4 Å². The molecule has 0 atom stereocenters. The number of fused-ring (bicyclic) bond motifs is 1. The zero-order chi connectivity index (χ0) is 23.9. The van der Waals surface area contributed by atoms with Gasteiger partial charge in [0, 0.05) is 55.7 Å². The highest BCUT2D eigenvalue weighted by molar-refractivity contribution is 5.94. The molecule has 2 N–H and O–H groups in total. The van der Waals surface area contributed by atoms with Crippen molar-refractivity contribution >= 4 is 28.2 Å². The highest BCUT2D eigenvalue weighted by atomic mass is 15.3. The third kappa shape index (κ3) is 4.17. The van der Waals surface area contributed by atoms with Crippen molar-refractivity contribution in [2.75, 3.05) is 36.4 Å². The van der Waals surface area contributed by atoms with Gasteiger partial charge >= 0.3 is 0 Å². The molecule has 5 heterocycles. The standard InChI is InChI=1S/C27H31N9/c1-2-4-21(3-1)36-17-20(14-31-36)32-24-13-19(7-8-30-24)26-33-23-16-29-15-22(18-5-6-18)25(23)27(34-26)35-11-9-28-10-12-35/h7-8,13-18,21,28H,1-6,9-12H2,(H,30,32). The summed E-state index contributed by atoms with van der Waals surface area (Å²) in [4.78, 5) is 21.6. The quantitative estimate of drug-likeness (QED) is 0.418. The molecule has 4 aromatic rings. The summed E-state index contributed by atoms with van der Waals surface area (Å²) in [7, 11) is 0. The molecule has 2 aliphatic carbocycles. The number of nitrogens with one attached hydrogen (secondary N) is 2. The lowest BCUT2D eigenvalue weighted by molar-refractivity contribution is 0.467. The van der Waals surface area contributed by atoms with Crippen molar-refractivity contribution in [2.24, 2.45) is 0 Å². The first-order valence-corrected chi connectivity index (χ1v) is 13.2. The van der Waals surface area contributed by atoms with Crippen LogP contribution in [0.4, 0.5) is 17.3 Å². The molecular formula is C27H31N9. The minimum Gasteiger partial charge on any atom is -0.353 e. The van der Waals surface area contributed by atoms with E-state index in [0.717, 1.165) is 54.6 Å². The van der Waals surface area contributed by atoms with Gasteiger partial charge in [0.1, 0.15) is 11.6 Å². The molecular weight excluding hydrogens is 450 g/mol. The second-order valence-electron chi connectivity index (χ2n) is 10.2. The maximum absolute atomic E-state index is 5.16. The predicted octanol–water partition coefficient (Wildman–Crippen LogP) is 4.43. The molecule has 3 aliphatic rings. The number of hydrogen-bond acceptors (Lipinski definition) is 8. The van der Waals surface area contributed by atoms with Crippen LogP contribution < -0.4 is 15.5 Å². The van der Waals surface area contributed by atoms with Gasteiger partial charge in [-0.15, -0.1) is 0 Å². The molecule has 0 aromatic carbocycles. The average Bonchev–Trinajstić information content (AvgIpc) is 3.41. The molecule has 0 bridgehead atoms. The summed E-state index contributed by atoms with van der Waals surface area (Å²) in [5, 5.41) is 12.6. The van der Waals surface area contributed by atoms with Crippen LogP contribution in [0.15, 0.2) is 43.1 Å². The van der Waals surface area contributed by atoms with Crippen molar-refractivity contribution in [2.45, 2.75) is 50.5 Å².